The highest BCUT2D eigenvalue weighted by molar-refractivity contribution is 7.78. The molecule has 1 amide bonds. The van der Waals surface area contributed by atoms with Gasteiger partial charge >= 0.3 is 0 Å². The second-order valence-electron chi connectivity index (χ2n) is 5.83. The van der Waals surface area contributed by atoms with Crippen LogP contribution >= 0.6 is 12.2 Å². The third-order valence-electron chi connectivity index (χ3n) is 4.23. The maximum absolute atomic E-state index is 12.3. The van der Waals surface area contributed by atoms with Crippen LogP contribution in [-0.4, -0.2) is 30.3 Å². The maximum Gasteiger partial charge on any atom is 0.251 e. The van der Waals surface area contributed by atoms with Gasteiger partial charge in [0.25, 0.3) is 5.91 Å². The Labute approximate surface area is 146 Å². The molecule has 0 spiro atoms. The molecule has 2 aromatic rings. The normalized spacial score (nSPS) is 18.9. The van der Waals surface area contributed by atoms with Gasteiger partial charge in [0, 0.05) is 11.6 Å². The summed E-state index contributed by atoms with van der Waals surface area (Å²) in [5, 5.41) is 5.41. The van der Waals surface area contributed by atoms with Gasteiger partial charge in [-0.3, -0.25) is 4.79 Å². The van der Waals surface area contributed by atoms with E-state index in [0.29, 0.717) is 5.56 Å². The van der Waals surface area contributed by atoms with Gasteiger partial charge in [0.2, 0.25) is 0 Å². The van der Waals surface area contributed by atoms with Crippen molar-refractivity contribution in [3.05, 3.63) is 54.1 Å². The monoisotopic (exact) mass is 338 g/mol. The van der Waals surface area contributed by atoms with Crippen molar-refractivity contribution in [1.82, 2.24) is 5.32 Å². The highest BCUT2D eigenvalue weighted by Gasteiger charge is 2.29. The molecule has 122 valence electrons. The quantitative estimate of drug-likeness (QED) is 0.668. The first-order chi connectivity index (χ1) is 11.7. The van der Waals surface area contributed by atoms with Gasteiger partial charge in [-0.1, -0.05) is 24.3 Å². The van der Waals surface area contributed by atoms with Gasteiger partial charge in [-0.05, 0) is 60.5 Å². The predicted octanol–water partition coefficient (Wildman–Crippen LogP) is 3.73. The van der Waals surface area contributed by atoms with Crippen LogP contribution in [0.1, 0.15) is 23.2 Å². The number of isothiocyanates is 1. The first-order valence-corrected chi connectivity index (χ1v) is 8.23. The molecule has 24 heavy (non-hydrogen) atoms. The maximum atomic E-state index is 12.3. The molecule has 0 atom stereocenters. The van der Waals surface area contributed by atoms with Crippen molar-refractivity contribution >= 4 is 23.3 Å². The number of carbonyl (C=O) groups excluding carboxylic acids is 1. The second kappa shape index (κ2) is 7.39. The van der Waals surface area contributed by atoms with Gasteiger partial charge in [0.1, 0.15) is 5.75 Å². The van der Waals surface area contributed by atoms with Crippen LogP contribution in [0.25, 0.3) is 11.1 Å². The van der Waals surface area contributed by atoms with Gasteiger partial charge in [-0.25, -0.2) is 4.99 Å². The number of thiocarbonyl (C=S) groups is 1. The molecule has 1 saturated carbocycles. The summed E-state index contributed by atoms with van der Waals surface area (Å²) in [5.41, 5.74) is 2.76. The van der Waals surface area contributed by atoms with Crippen molar-refractivity contribution < 1.29 is 9.53 Å². The van der Waals surface area contributed by atoms with Crippen LogP contribution in [0.5, 0.6) is 5.75 Å². The Kier molecular flexibility index (Phi) is 5.04. The number of hydrogen-bond donors (Lipinski definition) is 1. The molecule has 0 aliphatic heterocycles. The Morgan fingerprint density at radius 2 is 1.96 bits per heavy atom. The summed E-state index contributed by atoms with van der Waals surface area (Å²) < 4.78 is 5.24. The van der Waals surface area contributed by atoms with Crippen molar-refractivity contribution in [1.29, 1.82) is 0 Å². The minimum absolute atomic E-state index is 0.0537. The topological polar surface area (TPSA) is 50.7 Å². The van der Waals surface area contributed by atoms with Crippen molar-refractivity contribution in [2.75, 3.05) is 7.11 Å². The van der Waals surface area contributed by atoms with Crippen molar-refractivity contribution in [3.8, 4) is 16.9 Å². The molecule has 5 heteroatoms. The second-order valence-corrected chi connectivity index (χ2v) is 6.01. The van der Waals surface area contributed by atoms with Crippen LogP contribution in [0.3, 0.4) is 0 Å². The van der Waals surface area contributed by atoms with E-state index in [2.05, 4.69) is 27.7 Å². The number of hydrogen-bond acceptors (Lipinski definition) is 4. The molecule has 1 aliphatic carbocycles. The predicted molar refractivity (Wildman–Crippen MR) is 97.7 cm³/mol. The van der Waals surface area contributed by atoms with Gasteiger partial charge in [-0.2, -0.15) is 0 Å². The van der Waals surface area contributed by atoms with Crippen LogP contribution in [-0.2, 0) is 0 Å². The highest BCUT2D eigenvalue weighted by Crippen LogP contribution is 2.25. The van der Waals surface area contributed by atoms with Gasteiger partial charge in [0.15, 0.2) is 0 Å². The Bertz CT molecular complexity index is 776. The fraction of sp³-hybridized carbons (Fsp3) is 0.263. The van der Waals surface area contributed by atoms with Crippen LogP contribution < -0.4 is 10.1 Å². The van der Waals surface area contributed by atoms with E-state index in [0.717, 1.165) is 29.7 Å². The molecule has 0 bridgehead atoms. The van der Waals surface area contributed by atoms with Crippen molar-refractivity contribution in [2.24, 2.45) is 4.99 Å². The summed E-state index contributed by atoms with van der Waals surface area (Å²) >= 11 is 4.59. The molecular weight excluding hydrogens is 320 g/mol. The number of ether oxygens (including phenoxy) is 1. The number of nitrogens with one attached hydrogen (secondary N) is 1. The molecule has 0 saturated heterocycles. The zero-order chi connectivity index (χ0) is 16.9. The molecule has 3 rings (SSSR count). The lowest BCUT2D eigenvalue weighted by molar-refractivity contribution is 0.0910. The molecule has 0 unspecified atom stereocenters. The van der Waals surface area contributed by atoms with Gasteiger partial charge < -0.3 is 10.1 Å². The molecule has 0 radical (unpaired) electrons. The summed E-state index contributed by atoms with van der Waals surface area (Å²) in [6.45, 7) is 0. The molecule has 1 N–H and O–H groups in total. The lowest BCUT2D eigenvalue weighted by Crippen LogP contribution is -2.46. The minimum atomic E-state index is -0.0537. The number of rotatable bonds is 5. The van der Waals surface area contributed by atoms with Crippen LogP contribution in [0.2, 0.25) is 0 Å². The average Bonchev–Trinajstić information content (AvgIpc) is 2.60. The van der Waals surface area contributed by atoms with Gasteiger partial charge in [-0.15, -0.1) is 0 Å². The smallest absolute Gasteiger partial charge is 0.251 e. The summed E-state index contributed by atoms with van der Waals surface area (Å²) in [4.78, 5) is 16.3. The van der Waals surface area contributed by atoms with E-state index in [4.69, 9.17) is 4.74 Å². The first-order valence-electron chi connectivity index (χ1n) is 7.82. The van der Waals surface area contributed by atoms with E-state index in [1.165, 1.54) is 0 Å². The number of aliphatic imine (C=N–C) groups is 1. The van der Waals surface area contributed by atoms with E-state index in [1.54, 1.807) is 7.11 Å². The van der Waals surface area contributed by atoms with Crippen LogP contribution in [0.4, 0.5) is 0 Å². The van der Waals surface area contributed by atoms with Crippen LogP contribution in [0, 0.1) is 0 Å². The Hall–Kier alpha value is -2.49. The van der Waals surface area contributed by atoms with Crippen molar-refractivity contribution in [2.45, 2.75) is 24.9 Å². The summed E-state index contributed by atoms with van der Waals surface area (Å²) in [6.07, 6.45) is 1.66. The van der Waals surface area contributed by atoms with Crippen molar-refractivity contribution in [3.63, 3.8) is 0 Å². The molecule has 1 fully saturated rings. The lowest BCUT2D eigenvalue weighted by Gasteiger charge is -2.32. The Balaban J connectivity index is 1.64. The van der Waals surface area contributed by atoms with E-state index in [1.807, 2.05) is 48.5 Å². The third-order valence-corrected chi connectivity index (χ3v) is 4.34. The van der Waals surface area contributed by atoms with Crippen LogP contribution in [0.15, 0.2) is 53.5 Å². The summed E-state index contributed by atoms with van der Waals surface area (Å²) in [6, 6.07) is 15.8. The average molecular weight is 338 g/mol. The molecular formula is C19H18N2O2S. The minimum Gasteiger partial charge on any atom is -0.497 e. The van der Waals surface area contributed by atoms with E-state index in [9.17, 15) is 4.79 Å². The number of benzene rings is 2. The Morgan fingerprint density at radius 1 is 1.21 bits per heavy atom. The molecule has 0 heterocycles. The third kappa shape index (κ3) is 3.70. The zero-order valence-corrected chi connectivity index (χ0v) is 14.2. The van der Waals surface area contributed by atoms with E-state index in [-0.39, 0.29) is 18.0 Å². The standard InChI is InChI=1S/C19H18N2O2S/c1-23-18-4-2-3-15(9-18)13-5-7-14(8-6-13)19(22)21-17-10-16(11-17)20-12-24/h2-9,16-17H,10-11H2,1H3,(H,21,22). The molecule has 4 nitrogen and oxygen atoms in total. The number of methoxy groups -OCH3 is 1. The molecule has 2 aromatic carbocycles. The summed E-state index contributed by atoms with van der Waals surface area (Å²) in [5.74, 6) is 0.759. The fourth-order valence-electron chi connectivity index (χ4n) is 2.77. The number of nitrogens with zero attached hydrogens (tertiary/aromatic N) is 1. The number of carbonyl (C=O) groups is 1. The van der Waals surface area contributed by atoms with E-state index >= 15 is 0 Å². The first kappa shape index (κ1) is 16.4. The highest BCUT2D eigenvalue weighted by atomic mass is 32.1. The fourth-order valence-corrected chi connectivity index (χ4v) is 2.92. The SMILES string of the molecule is COc1cccc(-c2ccc(C(=O)NC3CC(N=C=S)C3)cc2)c1. The zero-order valence-electron chi connectivity index (χ0n) is 13.4. The Morgan fingerprint density at radius 3 is 2.62 bits per heavy atom. The lowest BCUT2D eigenvalue weighted by atomic mass is 9.87. The molecule has 1 aliphatic rings. The molecule has 0 aromatic heterocycles. The van der Waals surface area contributed by atoms with Gasteiger partial charge in [0.05, 0.1) is 18.3 Å². The summed E-state index contributed by atoms with van der Waals surface area (Å²) in [7, 11) is 1.65. The largest absolute Gasteiger partial charge is 0.497 e. The number of amides is 1. The van der Waals surface area contributed by atoms with E-state index < -0.39 is 0 Å².